The van der Waals surface area contributed by atoms with E-state index in [0.29, 0.717) is 18.3 Å². The van der Waals surface area contributed by atoms with Crippen LogP contribution in [-0.4, -0.2) is 38.3 Å². The molecule has 2 saturated heterocycles. The van der Waals surface area contributed by atoms with Gasteiger partial charge in [0.25, 0.3) is 0 Å². The summed E-state index contributed by atoms with van der Waals surface area (Å²) in [7, 11) is -2.95. The van der Waals surface area contributed by atoms with E-state index in [2.05, 4.69) is 12.2 Å². The summed E-state index contributed by atoms with van der Waals surface area (Å²) in [4.78, 5) is 0. The van der Waals surface area contributed by atoms with E-state index in [0.717, 1.165) is 19.4 Å². The van der Waals surface area contributed by atoms with Crippen molar-refractivity contribution in [1.29, 1.82) is 0 Å². The molecule has 0 aliphatic carbocycles. The summed E-state index contributed by atoms with van der Waals surface area (Å²) in [6.07, 6.45) is 1.49. The second-order valence-corrected chi connectivity index (χ2v) is 7.20. The van der Waals surface area contributed by atoms with Crippen molar-refractivity contribution >= 4 is 9.84 Å². The lowest BCUT2D eigenvalue weighted by atomic mass is 10.0. The molecular formula is C10H19NO3S. The smallest absolute Gasteiger partial charge is 0.157 e. The van der Waals surface area contributed by atoms with Crippen molar-refractivity contribution in [3.8, 4) is 0 Å². The third kappa shape index (κ3) is 2.05. The van der Waals surface area contributed by atoms with Crippen LogP contribution in [0.2, 0.25) is 0 Å². The quantitative estimate of drug-likeness (QED) is 0.718. The molecule has 2 heterocycles. The van der Waals surface area contributed by atoms with Crippen LogP contribution in [0, 0.1) is 5.92 Å². The van der Waals surface area contributed by atoms with E-state index in [1.165, 1.54) is 0 Å². The van der Waals surface area contributed by atoms with Crippen LogP contribution in [0.25, 0.3) is 0 Å². The minimum atomic E-state index is -2.95. The van der Waals surface area contributed by atoms with E-state index >= 15 is 0 Å². The molecule has 15 heavy (non-hydrogen) atoms. The molecule has 0 aromatic rings. The fraction of sp³-hybridized carbons (Fsp3) is 1.00. The second-order valence-electron chi connectivity index (χ2n) is 4.90. The standard InChI is InChI=1S/C10H19NO3S/c1-8-6-11-10(2,14-7-8)9-4-3-5-15(9,12)13/h8-9,11H,3-7H2,1-2H3. The Morgan fingerprint density at radius 3 is 2.67 bits per heavy atom. The van der Waals surface area contributed by atoms with Crippen molar-refractivity contribution in [3.63, 3.8) is 0 Å². The predicted octanol–water partition coefficient (Wildman–Crippen LogP) is 0.536. The van der Waals surface area contributed by atoms with Crippen LogP contribution in [0.1, 0.15) is 26.7 Å². The molecule has 2 aliphatic rings. The van der Waals surface area contributed by atoms with Crippen LogP contribution in [-0.2, 0) is 14.6 Å². The monoisotopic (exact) mass is 233 g/mol. The Labute approximate surface area is 91.3 Å². The van der Waals surface area contributed by atoms with Crippen molar-refractivity contribution in [2.24, 2.45) is 5.92 Å². The van der Waals surface area contributed by atoms with Gasteiger partial charge in [-0.15, -0.1) is 0 Å². The first-order valence-corrected chi connectivity index (χ1v) is 7.26. The molecule has 2 rings (SSSR count). The molecule has 0 aromatic heterocycles. The summed E-state index contributed by atoms with van der Waals surface area (Å²) in [6.45, 7) is 5.44. The molecule has 88 valence electrons. The molecule has 0 amide bonds. The number of hydrogen-bond donors (Lipinski definition) is 1. The summed E-state index contributed by atoms with van der Waals surface area (Å²) in [5.41, 5.74) is -0.665. The van der Waals surface area contributed by atoms with E-state index in [1.807, 2.05) is 6.92 Å². The maximum absolute atomic E-state index is 11.8. The van der Waals surface area contributed by atoms with E-state index in [-0.39, 0.29) is 5.25 Å². The summed E-state index contributed by atoms with van der Waals surface area (Å²) in [5, 5.41) is 2.88. The van der Waals surface area contributed by atoms with Crippen LogP contribution < -0.4 is 5.32 Å². The molecule has 4 nitrogen and oxygen atoms in total. The predicted molar refractivity (Wildman–Crippen MR) is 58.3 cm³/mol. The van der Waals surface area contributed by atoms with Crippen molar-refractivity contribution < 1.29 is 13.2 Å². The van der Waals surface area contributed by atoms with Crippen LogP contribution in [0.15, 0.2) is 0 Å². The van der Waals surface area contributed by atoms with Crippen LogP contribution in [0.5, 0.6) is 0 Å². The molecule has 2 fully saturated rings. The lowest BCUT2D eigenvalue weighted by Crippen LogP contribution is -2.60. The van der Waals surface area contributed by atoms with Gasteiger partial charge >= 0.3 is 0 Å². The van der Waals surface area contributed by atoms with Crippen molar-refractivity contribution in [1.82, 2.24) is 5.32 Å². The zero-order chi connectivity index (χ0) is 11.1. The second kappa shape index (κ2) is 3.71. The Bertz CT molecular complexity index is 331. The van der Waals surface area contributed by atoms with Gasteiger partial charge in [0.15, 0.2) is 9.84 Å². The molecule has 0 aromatic carbocycles. The van der Waals surface area contributed by atoms with Gasteiger partial charge in [0.2, 0.25) is 0 Å². The van der Waals surface area contributed by atoms with Gasteiger partial charge in [0.05, 0.1) is 12.4 Å². The molecule has 3 unspecified atom stereocenters. The summed E-state index contributed by atoms with van der Waals surface area (Å²) >= 11 is 0. The molecule has 5 heteroatoms. The van der Waals surface area contributed by atoms with Gasteiger partial charge in [0, 0.05) is 6.54 Å². The molecule has 0 saturated carbocycles. The molecule has 2 aliphatic heterocycles. The number of hydrogen-bond acceptors (Lipinski definition) is 4. The fourth-order valence-corrected chi connectivity index (χ4v) is 4.63. The first kappa shape index (κ1) is 11.4. The van der Waals surface area contributed by atoms with Gasteiger partial charge in [-0.3, -0.25) is 5.32 Å². The number of ether oxygens (including phenoxy) is 1. The largest absolute Gasteiger partial charge is 0.359 e. The third-order valence-electron chi connectivity index (χ3n) is 3.41. The Morgan fingerprint density at radius 1 is 1.47 bits per heavy atom. The van der Waals surface area contributed by atoms with Gasteiger partial charge in [0.1, 0.15) is 11.0 Å². The third-order valence-corrected chi connectivity index (χ3v) is 5.82. The molecular weight excluding hydrogens is 214 g/mol. The van der Waals surface area contributed by atoms with Crippen molar-refractivity contribution in [3.05, 3.63) is 0 Å². The Hall–Kier alpha value is -0.130. The van der Waals surface area contributed by atoms with E-state index < -0.39 is 15.6 Å². The van der Waals surface area contributed by atoms with Crippen LogP contribution in [0.4, 0.5) is 0 Å². The Morgan fingerprint density at radius 2 is 2.20 bits per heavy atom. The summed E-state index contributed by atoms with van der Waals surface area (Å²) in [5.74, 6) is 0.774. The lowest BCUT2D eigenvalue weighted by molar-refractivity contribution is -0.102. The molecule has 3 atom stereocenters. The van der Waals surface area contributed by atoms with Gasteiger partial charge in [-0.2, -0.15) is 0 Å². The molecule has 1 N–H and O–H groups in total. The highest BCUT2D eigenvalue weighted by molar-refractivity contribution is 7.92. The van der Waals surface area contributed by atoms with Gasteiger partial charge in [-0.05, 0) is 25.7 Å². The minimum Gasteiger partial charge on any atom is -0.359 e. The fourth-order valence-electron chi connectivity index (χ4n) is 2.42. The first-order chi connectivity index (χ1) is 6.94. The molecule has 0 spiro atoms. The highest BCUT2D eigenvalue weighted by atomic mass is 32.2. The summed E-state index contributed by atoms with van der Waals surface area (Å²) < 4.78 is 29.4. The SMILES string of the molecule is CC1CNC(C)(C2CCCS2(=O)=O)OC1. The van der Waals surface area contributed by atoms with Crippen molar-refractivity contribution in [2.45, 2.75) is 37.7 Å². The van der Waals surface area contributed by atoms with E-state index in [9.17, 15) is 8.42 Å². The van der Waals surface area contributed by atoms with Crippen molar-refractivity contribution in [2.75, 3.05) is 18.9 Å². The average molecular weight is 233 g/mol. The number of nitrogens with one attached hydrogen (secondary N) is 1. The van der Waals surface area contributed by atoms with E-state index in [4.69, 9.17) is 4.74 Å². The molecule has 0 radical (unpaired) electrons. The van der Waals surface area contributed by atoms with Gasteiger partial charge in [-0.25, -0.2) is 8.42 Å². The van der Waals surface area contributed by atoms with E-state index in [1.54, 1.807) is 0 Å². The topological polar surface area (TPSA) is 55.4 Å². The Balaban J connectivity index is 2.16. The summed E-state index contributed by atoms with van der Waals surface area (Å²) in [6, 6.07) is 0. The van der Waals surface area contributed by atoms with Gasteiger partial charge in [-0.1, -0.05) is 6.92 Å². The average Bonchev–Trinajstić information content (AvgIpc) is 2.52. The highest BCUT2D eigenvalue weighted by Crippen LogP contribution is 2.32. The lowest BCUT2D eigenvalue weighted by Gasteiger charge is -2.41. The number of sulfone groups is 1. The first-order valence-electron chi connectivity index (χ1n) is 5.54. The Kier molecular flexibility index (Phi) is 2.81. The van der Waals surface area contributed by atoms with Crippen LogP contribution >= 0.6 is 0 Å². The zero-order valence-electron chi connectivity index (χ0n) is 9.32. The minimum absolute atomic E-state index is 0.313. The normalized spacial score (nSPS) is 45.5. The zero-order valence-corrected chi connectivity index (χ0v) is 10.1. The highest BCUT2D eigenvalue weighted by Gasteiger charge is 2.47. The maximum Gasteiger partial charge on any atom is 0.157 e. The molecule has 0 bridgehead atoms. The maximum atomic E-state index is 11.8. The van der Waals surface area contributed by atoms with Crippen LogP contribution in [0.3, 0.4) is 0 Å². The number of rotatable bonds is 1. The van der Waals surface area contributed by atoms with Gasteiger partial charge < -0.3 is 4.74 Å².